The first-order valence-electron chi connectivity index (χ1n) is 9.92. The van der Waals surface area contributed by atoms with Gasteiger partial charge in [-0.15, -0.1) is 24.8 Å². The van der Waals surface area contributed by atoms with E-state index in [4.69, 9.17) is 25.2 Å². The van der Waals surface area contributed by atoms with Crippen LogP contribution in [0.5, 0.6) is 0 Å². The third-order valence-electron chi connectivity index (χ3n) is 5.99. The minimum Gasteiger partial charge on any atom is -0.381 e. The highest BCUT2D eigenvalue weighted by Crippen LogP contribution is 2.35. The molecule has 160 valence electrons. The molecule has 0 spiro atoms. The van der Waals surface area contributed by atoms with Crippen molar-refractivity contribution in [2.45, 2.75) is 50.3 Å². The van der Waals surface area contributed by atoms with E-state index in [1.165, 1.54) is 0 Å². The fourth-order valence-corrected chi connectivity index (χ4v) is 4.34. The molecule has 2 aliphatic heterocycles. The second-order valence-corrected chi connectivity index (χ2v) is 7.80. The van der Waals surface area contributed by atoms with E-state index in [1.807, 2.05) is 0 Å². The molecule has 0 radical (unpaired) electrons. The molecule has 0 bridgehead atoms. The average molecular weight is 434 g/mol. The van der Waals surface area contributed by atoms with Crippen molar-refractivity contribution in [2.24, 2.45) is 5.73 Å². The van der Waals surface area contributed by atoms with Gasteiger partial charge in [0.1, 0.15) is 12.4 Å². The lowest BCUT2D eigenvalue weighted by Crippen LogP contribution is -2.52. The average Bonchev–Trinajstić information content (AvgIpc) is 2.66. The first kappa shape index (κ1) is 23.6. The lowest BCUT2D eigenvalue weighted by atomic mass is 9.78. The van der Waals surface area contributed by atoms with Crippen molar-refractivity contribution >= 4 is 30.6 Å². The van der Waals surface area contributed by atoms with E-state index < -0.39 is 0 Å². The van der Waals surface area contributed by atoms with Gasteiger partial charge in [0.05, 0.1) is 0 Å². The van der Waals surface area contributed by atoms with E-state index in [9.17, 15) is 0 Å². The maximum atomic E-state index is 5.98. The van der Waals surface area contributed by atoms with Crippen molar-refractivity contribution in [1.29, 1.82) is 0 Å². The van der Waals surface area contributed by atoms with E-state index in [-0.39, 0.29) is 24.8 Å². The second kappa shape index (κ2) is 10.9. The fraction of sp³-hybridized carbons (Fsp3) is 0.789. The molecule has 7 nitrogen and oxygen atoms in total. The number of anilines is 1. The molecule has 1 aromatic rings. The van der Waals surface area contributed by atoms with Crippen LogP contribution in [0.25, 0.3) is 0 Å². The highest BCUT2D eigenvalue weighted by molar-refractivity contribution is 5.85. The summed E-state index contributed by atoms with van der Waals surface area (Å²) >= 11 is 0. The summed E-state index contributed by atoms with van der Waals surface area (Å²) in [6.45, 7) is 6.50. The van der Waals surface area contributed by atoms with E-state index in [0.29, 0.717) is 24.6 Å². The van der Waals surface area contributed by atoms with E-state index >= 15 is 0 Å². The Kier molecular flexibility index (Phi) is 9.18. The predicted octanol–water partition coefficient (Wildman–Crippen LogP) is 1.97. The Labute approximate surface area is 180 Å². The van der Waals surface area contributed by atoms with Crippen molar-refractivity contribution in [2.75, 3.05) is 51.4 Å². The lowest BCUT2D eigenvalue weighted by Gasteiger charge is -2.41. The van der Waals surface area contributed by atoms with E-state index in [1.54, 1.807) is 7.11 Å². The first-order chi connectivity index (χ1) is 12.7. The highest BCUT2D eigenvalue weighted by Gasteiger charge is 2.30. The number of hydrogen-bond donors (Lipinski definition) is 1. The summed E-state index contributed by atoms with van der Waals surface area (Å²) in [5.41, 5.74) is 7.11. The van der Waals surface area contributed by atoms with Crippen LogP contribution in [0, 0.1) is 0 Å². The molecule has 0 atom stereocenters. The molecular formula is C19H33Cl2N5O2. The minimum atomic E-state index is 0. The summed E-state index contributed by atoms with van der Waals surface area (Å²) in [4.78, 5) is 14.5. The fourth-order valence-electron chi connectivity index (χ4n) is 4.34. The van der Waals surface area contributed by atoms with Gasteiger partial charge in [0.2, 0.25) is 0 Å². The molecule has 28 heavy (non-hydrogen) atoms. The zero-order valence-electron chi connectivity index (χ0n) is 16.6. The van der Waals surface area contributed by atoms with Gasteiger partial charge in [0.25, 0.3) is 0 Å². The highest BCUT2D eigenvalue weighted by atomic mass is 35.5. The Bertz CT molecular complexity index is 604. The largest absolute Gasteiger partial charge is 0.381 e. The molecule has 2 N–H and O–H groups in total. The maximum absolute atomic E-state index is 5.98. The van der Waals surface area contributed by atoms with Gasteiger partial charge in [0.15, 0.2) is 5.82 Å². The Balaban J connectivity index is 0.00000140. The van der Waals surface area contributed by atoms with Crippen molar-refractivity contribution in [3.8, 4) is 0 Å². The van der Waals surface area contributed by atoms with Crippen molar-refractivity contribution in [1.82, 2.24) is 14.9 Å². The van der Waals surface area contributed by atoms with Gasteiger partial charge < -0.3 is 20.1 Å². The lowest BCUT2D eigenvalue weighted by molar-refractivity contribution is 0.0321. The molecule has 0 aromatic carbocycles. The van der Waals surface area contributed by atoms with Crippen LogP contribution in [-0.2, 0) is 16.1 Å². The smallest absolute Gasteiger partial charge is 0.156 e. The summed E-state index contributed by atoms with van der Waals surface area (Å²) in [6, 6.07) is 3.19. The van der Waals surface area contributed by atoms with Gasteiger partial charge in [-0.25, -0.2) is 9.97 Å². The second-order valence-electron chi connectivity index (χ2n) is 7.80. The molecule has 1 aromatic heterocycles. The Morgan fingerprint density at radius 3 is 2.39 bits per heavy atom. The molecule has 4 rings (SSSR count). The van der Waals surface area contributed by atoms with Crippen LogP contribution in [0.2, 0.25) is 0 Å². The van der Waals surface area contributed by atoms with Crippen LogP contribution in [-0.4, -0.2) is 73.5 Å². The number of aromatic nitrogens is 2. The quantitative estimate of drug-likeness (QED) is 0.760. The number of hydrogen-bond acceptors (Lipinski definition) is 7. The molecule has 1 aliphatic carbocycles. The number of methoxy groups -OCH3 is 1. The number of nitrogens with two attached hydrogens (primary N) is 1. The molecule has 3 heterocycles. The zero-order valence-corrected chi connectivity index (χ0v) is 18.2. The molecule has 3 aliphatic rings. The Hall–Kier alpha value is -0.700. The Morgan fingerprint density at radius 2 is 1.79 bits per heavy atom. The molecule has 9 heteroatoms. The monoisotopic (exact) mass is 433 g/mol. The van der Waals surface area contributed by atoms with E-state index in [0.717, 1.165) is 82.4 Å². The van der Waals surface area contributed by atoms with Gasteiger partial charge in [0, 0.05) is 76.3 Å². The van der Waals surface area contributed by atoms with Gasteiger partial charge >= 0.3 is 0 Å². The van der Waals surface area contributed by atoms with Crippen LogP contribution >= 0.6 is 24.8 Å². The molecule has 2 saturated heterocycles. The third-order valence-corrected chi connectivity index (χ3v) is 5.99. The van der Waals surface area contributed by atoms with Gasteiger partial charge in [-0.05, 0) is 25.7 Å². The van der Waals surface area contributed by atoms with Crippen LogP contribution < -0.4 is 10.6 Å². The molecule has 1 saturated carbocycles. The van der Waals surface area contributed by atoms with Crippen LogP contribution in [0.4, 0.5) is 5.82 Å². The van der Waals surface area contributed by atoms with Crippen molar-refractivity contribution < 1.29 is 9.47 Å². The van der Waals surface area contributed by atoms with Gasteiger partial charge in [-0.2, -0.15) is 0 Å². The first-order valence-corrected chi connectivity index (χ1v) is 9.92. The van der Waals surface area contributed by atoms with E-state index in [2.05, 4.69) is 15.9 Å². The van der Waals surface area contributed by atoms with Crippen molar-refractivity contribution in [3.63, 3.8) is 0 Å². The minimum absolute atomic E-state index is 0. The number of nitrogens with zero attached hydrogens (tertiary/aromatic N) is 4. The zero-order chi connectivity index (χ0) is 17.9. The normalized spacial score (nSPS) is 26.1. The summed E-state index contributed by atoms with van der Waals surface area (Å²) < 4.78 is 10.8. The SMILES string of the molecule is COCc1nc(C2CC(N)C2)cc(N2CCN(C3CCOCC3)CC2)n1.Cl.Cl. The molecule has 0 amide bonds. The summed E-state index contributed by atoms with van der Waals surface area (Å²) in [6.07, 6.45) is 4.38. The van der Waals surface area contributed by atoms with Crippen LogP contribution in [0.15, 0.2) is 6.07 Å². The van der Waals surface area contributed by atoms with Crippen LogP contribution in [0.3, 0.4) is 0 Å². The van der Waals surface area contributed by atoms with Crippen LogP contribution in [0.1, 0.15) is 43.1 Å². The van der Waals surface area contributed by atoms with Crippen molar-refractivity contribution in [3.05, 3.63) is 17.6 Å². The topological polar surface area (TPSA) is 76.7 Å². The Morgan fingerprint density at radius 1 is 1.11 bits per heavy atom. The summed E-state index contributed by atoms with van der Waals surface area (Å²) in [5.74, 6) is 2.31. The molecule has 0 unspecified atom stereocenters. The number of rotatable bonds is 5. The summed E-state index contributed by atoms with van der Waals surface area (Å²) in [5, 5.41) is 0. The van der Waals surface area contributed by atoms with Gasteiger partial charge in [-0.1, -0.05) is 0 Å². The number of halogens is 2. The summed E-state index contributed by atoms with van der Waals surface area (Å²) in [7, 11) is 1.70. The third kappa shape index (κ3) is 5.46. The van der Waals surface area contributed by atoms with Gasteiger partial charge in [-0.3, -0.25) is 4.90 Å². The maximum Gasteiger partial charge on any atom is 0.156 e. The standard InChI is InChI=1S/C19H31N5O2.2ClH/c1-25-13-18-21-17(14-10-15(20)11-14)12-19(22-18)24-6-4-23(5-7-24)16-2-8-26-9-3-16;;/h12,14-16H,2-11,13,20H2,1H3;2*1H. The predicted molar refractivity (Wildman–Crippen MR) is 115 cm³/mol. The number of piperazine rings is 1. The molecular weight excluding hydrogens is 401 g/mol. The molecule has 3 fully saturated rings. The number of ether oxygens (including phenoxy) is 2.